The summed E-state index contributed by atoms with van der Waals surface area (Å²) in [5.41, 5.74) is 4.43. The average molecular weight is 627 g/mol. The summed E-state index contributed by atoms with van der Waals surface area (Å²) in [5.74, 6) is -0.878. The van der Waals surface area contributed by atoms with Gasteiger partial charge in [0.15, 0.2) is 21.9 Å². The number of hydrogen-bond acceptors (Lipinski definition) is 8. The minimum atomic E-state index is -1.08. The zero-order valence-corrected chi connectivity index (χ0v) is 25.1. The van der Waals surface area contributed by atoms with Gasteiger partial charge in [0.25, 0.3) is 11.8 Å². The number of nitrogens with one attached hydrogen (secondary N) is 1. The Hall–Kier alpha value is -4.06. The maximum absolute atomic E-state index is 13.1. The van der Waals surface area contributed by atoms with Crippen LogP contribution in [0.5, 0.6) is 17.2 Å². The highest BCUT2D eigenvalue weighted by molar-refractivity contribution is 8.26. The first kappa shape index (κ1) is 30.9. The minimum Gasteiger partial charge on any atom is -0.490 e. The summed E-state index contributed by atoms with van der Waals surface area (Å²) in [7, 11) is 0. The molecule has 0 saturated carbocycles. The Balaban J connectivity index is 1.41. The van der Waals surface area contributed by atoms with Crippen LogP contribution in [0.3, 0.4) is 0 Å². The van der Waals surface area contributed by atoms with Crippen molar-refractivity contribution in [1.82, 2.24) is 10.4 Å². The van der Waals surface area contributed by atoms with E-state index in [1.54, 1.807) is 74.5 Å². The molecule has 2 amide bonds. The van der Waals surface area contributed by atoms with Gasteiger partial charge in [0.05, 0.1) is 11.5 Å². The van der Waals surface area contributed by atoms with Crippen LogP contribution in [0.1, 0.15) is 41.8 Å². The molecule has 4 rings (SSSR count). The number of amides is 2. The number of aliphatic carboxylic acids is 1. The molecule has 12 heteroatoms. The van der Waals surface area contributed by atoms with Crippen molar-refractivity contribution in [3.8, 4) is 17.2 Å². The van der Waals surface area contributed by atoms with Crippen molar-refractivity contribution in [2.75, 3.05) is 6.61 Å². The van der Waals surface area contributed by atoms with Gasteiger partial charge in [0.2, 0.25) is 0 Å². The lowest BCUT2D eigenvalue weighted by molar-refractivity contribution is -0.145. The number of ether oxygens (including phenoxy) is 3. The molecule has 218 valence electrons. The van der Waals surface area contributed by atoms with Crippen LogP contribution >= 0.6 is 35.6 Å². The monoisotopic (exact) mass is 626 g/mol. The number of carboxylic acids is 1. The summed E-state index contributed by atoms with van der Waals surface area (Å²) in [6.07, 6.45) is 0.867. The molecule has 9 nitrogen and oxygen atoms in total. The van der Waals surface area contributed by atoms with Crippen molar-refractivity contribution in [2.24, 2.45) is 0 Å². The topological polar surface area (TPSA) is 114 Å². The van der Waals surface area contributed by atoms with Gasteiger partial charge in [-0.2, -0.15) is 5.01 Å². The second-order valence-electron chi connectivity index (χ2n) is 8.89. The number of carbonyl (C=O) groups is 3. The first-order valence-corrected chi connectivity index (χ1v) is 14.5. The smallest absolute Gasteiger partial charge is 0.344 e. The van der Waals surface area contributed by atoms with E-state index in [2.05, 4.69) is 5.43 Å². The predicted octanol–water partition coefficient (Wildman–Crippen LogP) is 6.11. The Bertz CT molecular complexity index is 1510. The molecule has 42 heavy (non-hydrogen) atoms. The number of carbonyl (C=O) groups excluding carboxylic acids is 2. The molecule has 1 aliphatic rings. The first-order chi connectivity index (χ1) is 20.2. The van der Waals surface area contributed by atoms with Crippen LogP contribution in [0.25, 0.3) is 6.08 Å². The molecule has 0 aromatic heterocycles. The molecule has 3 aromatic rings. The summed E-state index contributed by atoms with van der Waals surface area (Å²) in [5, 5.41) is 11.0. The summed E-state index contributed by atoms with van der Waals surface area (Å²) >= 11 is 12.3. The molecule has 0 aliphatic carbocycles. The van der Waals surface area contributed by atoms with Gasteiger partial charge < -0.3 is 19.3 Å². The molecular weight excluding hydrogens is 600 g/mol. The lowest BCUT2D eigenvalue weighted by atomic mass is 10.1. The number of thioether (sulfide) groups is 1. The third-order valence-corrected chi connectivity index (χ3v) is 7.48. The molecule has 3 aromatic carbocycles. The first-order valence-electron chi connectivity index (χ1n) is 12.9. The number of thiocarbonyl (C=S) groups is 1. The standard InChI is InChI=1S/C30H27ClN2O7S2/c1-3-23(29(36)37)40-24-14-7-19(15-25(24)38-4-2)16-26-28(35)33(30(41)42-26)32-27(34)20-8-12-22(13-9-20)39-17-18-5-10-21(31)11-6-18/h5-16,23H,3-4,17H2,1-2H3,(H,32,34)(H,36,37)/b26-16+. The van der Waals surface area contributed by atoms with Crippen molar-refractivity contribution >= 4 is 63.8 Å². The zero-order valence-electron chi connectivity index (χ0n) is 22.7. The van der Waals surface area contributed by atoms with Crippen molar-refractivity contribution in [2.45, 2.75) is 33.0 Å². The number of nitrogens with zero attached hydrogens (tertiary/aromatic N) is 1. The van der Waals surface area contributed by atoms with Gasteiger partial charge >= 0.3 is 5.97 Å². The fourth-order valence-corrected chi connectivity index (χ4v) is 5.08. The molecule has 1 saturated heterocycles. The summed E-state index contributed by atoms with van der Waals surface area (Å²) < 4.78 is 17.2. The molecular formula is C30H27ClN2O7S2. The molecule has 0 radical (unpaired) electrons. The van der Waals surface area contributed by atoms with E-state index in [9.17, 15) is 19.5 Å². The Morgan fingerprint density at radius 1 is 1.05 bits per heavy atom. The normalized spacial score (nSPS) is 14.5. The molecule has 1 unspecified atom stereocenters. The number of benzene rings is 3. The highest BCUT2D eigenvalue weighted by atomic mass is 35.5. The summed E-state index contributed by atoms with van der Waals surface area (Å²) in [6.45, 7) is 4.17. The summed E-state index contributed by atoms with van der Waals surface area (Å²) in [4.78, 5) is 37.7. The van der Waals surface area contributed by atoms with Crippen molar-refractivity contribution in [3.05, 3.63) is 93.3 Å². The molecule has 1 atom stereocenters. The van der Waals surface area contributed by atoms with E-state index < -0.39 is 23.9 Å². The van der Waals surface area contributed by atoms with Gasteiger partial charge in [0.1, 0.15) is 12.4 Å². The van der Waals surface area contributed by atoms with Crippen LogP contribution in [-0.2, 0) is 16.2 Å². The van der Waals surface area contributed by atoms with Crippen LogP contribution in [0.15, 0.2) is 71.6 Å². The van der Waals surface area contributed by atoms with Crippen LogP contribution in [0.2, 0.25) is 5.02 Å². The van der Waals surface area contributed by atoms with E-state index in [0.29, 0.717) is 45.8 Å². The lowest BCUT2D eigenvalue weighted by Crippen LogP contribution is -2.44. The van der Waals surface area contributed by atoms with Gasteiger partial charge in [0, 0.05) is 10.6 Å². The van der Waals surface area contributed by atoms with Gasteiger partial charge in [-0.3, -0.25) is 15.0 Å². The minimum absolute atomic E-state index is 0.166. The lowest BCUT2D eigenvalue weighted by Gasteiger charge is -2.17. The fourth-order valence-electron chi connectivity index (χ4n) is 3.77. The molecule has 0 bridgehead atoms. The third kappa shape index (κ3) is 7.81. The van der Waals surface area contributed by atoms with E-state index in [4.69, 9.17) is 38.0 Å². The van der Waals surface area contributed by atoms with Crippen molar-refractivity contribution in [1.29, 1.82) is 0 Å². The average Bonchev–Trinajstić information content (AvgIpc) is 3.23. The predicted molar refractivity (Wildman–Crippen MR) is 165 cm³/mol. The Labute approximate surface area is 257 Å². The summed E-state index contributed by atoms with van der Waals surface area (Å²) in [6, 6.07) is 18.7. The van der Waals surface area contributed by atoms with Crippen LogP contribution in [-0.4, -0.2) is 44.9 Å². The molecule has 1 aliphatic heterocycles. The Morgan fingerprint density at radius 2 is 1.76 bits per heavy atom. The quantitative estimate of drug-likeness (QED) is 0.182. The highest BCUT2D eigenvalue weighted by Crippen LogP contribution is 2.35. The number of hydrazine groups is 1. The van der Waals surface area contributed by atoms with E-state index >= 15 is 0 Å². The largest absolute Gasteiger partial charge is 0.490 e. The SMILES string of the molecule is CCOc1cc(/C=C2/SC(=S)N(NC(=O)c3ccc(OCc4ccc(Cl)cc4)cc3)C2=O)ccc1OC(CC)C(=O)O. The fraction of sp³-hybridized carbons (Fsp3) is 0.200. The molecule has 2 N–H and O–H groups in total. The van der Waals surface area contributed by atoms with Crippen LogP contribution in [0, 0.1) is 0 Å². The van der Waals surface area contributed by atoms with Crippen LogP contribution in [0.4, 0.5) is 0 Å². The highest BCUT2D eigenvalue weighted by Gasteiger charge is 2.34. The third-order valence-electron chi connectivity index (χ3n) is 5.92. The Morgan fingerprint density at radius 3 is 2.40 bits per heavy atom. The number of halogens is 1. The van der Waals surface area contributed by atoms with E-state index in [0.717, 1.165) is 22.3 Å². The maximum Gasteiger partial charge on any atom is 0.344 e. The molecule has 0 spiro atoms. The molecule has 1 heterocycles. The van der Waals surface area contributed by atoms with Gasteiger partial charge in [-0.1, -0.05) is 48.5 Å². The second-order valence-corrected chi connectivity index (χ2v) is 11.0. The number of hydrogen-bond donors (Lipinski definition) is 2. The van der Waals surface area contributed by atoms with Gasteiger partial charge in [-0.15, -0.1) is 0 Å². The van der Waals surface area contributed by atoms with Crippen molar-refractivity contribution in [3.63, 3.8) is 0 Å². The molecule has 1 fully saturated rings. The maximum atomic E-state index is 13.1. The van der Waals surface area contributed by atoms with Gasteiger partial charge in [-0.05, 0) is 91.3 Å². The van der Waals surface area contributed by atoms with Crippen LogP contribution < -0.4 is 19.6 Å². The second kappa shape index (κ2) is 14.2. The number of carboxylic acid groups (broad SMARTS) is 1. The number of rotatable bonds is 12. The Kier molecular flexibility index (Phi) is 10.5. The van der Waals surface area contributed by atoms with E-state index in [1.165, 1.54) is 0 Å². The van der Waals surface area contributed by atoms with Crippen molar-refractivity contribution < 1.29 is 33.7 Å². The van der Waals surface area contributed by atoms with E-state index in [-0.39, 0.29) is 16.5 Å². The zero-order chi connectivity index (χ0) is 30.2. The van der Waals surface area contributed by atoms with Gasteiger partial charge in [-0.25, -0.2) is 4.79 Å². The van der Waals surface area contributed by atoms with E-state index in [1.807, 2.05) is 12.1 Å².